The van der Waals surface area contributed by atoms with E-state index in [1.54, 1.807) is 0 Å². The van der Waals surface area contributed by atoms with E-state index in [1.165, 1.54) is 18.4 Å². The van der Waals surface area contributed by atoms with E-state index in [0.29, 0.717) is 5.92 Å². The van der Waals surface area contributed by atoms with Crippen LogP contribution in [0.3, 0.4) is 0 Å². The molecule has 0 saturated heterocycles. The monoisotopic (exact) mass is 205 g/mol. The minimum atomic E-state index is -0.848. The summed E-state index contributed by atoms with van der Waals surface area (Å²) >= 11 is 0. The predicted octanol–water partition coefficient (Wildman–Crippen LogP) is 2.04. The Hall–Kier alpha value is -1.35. The molecule has 0 aliphatic heterocycles. The van der Waals surface area contributed by atoms with Crippen LogP contribution in [-0.4, -0.2) is 11.1 Å². The van der Waals surface area contributed by atoms with Crippen LogP contribution in [0.2, 0.25) is 0 Å². The van der Waals surface area contributed by atoms with Crippen LogP contribution in [0.1, 0.15) is 42.3 Å². The Morgan fingerprint density at radius 1 is 1.53 bits per heavy atom. The molecule has 1 fully saturated rings. The Morgan fingerprint density at radius 3 is 2.87 bits per heavy atom. The van der Waals surface area contributed by atoms with Gasteiger partial charge in [0, 0.05) is 6.04 Å². The molecule has 3 nitrogen and oxygen atoms in total. The van der Waals surface area contributed by atoms with E-state index in [0.717, 1.165) is 5.56 Å². The van der Waals surface area contributed by atoms with Gasteiger partial charge in [-0.1, -0.05) is 24.3 Å². The van der Waals surface area contributed by atoms with Gasteiger partial charge in [0.1, 0.15) is 0 Å². The number of carbonyl (C=O) groups is 1. The summed E-state index contributed by atoms with van der Waals surface area (Å²) in [5.74, 6) is -0.165. The minimum absolute atomic E-state index is 0.00583. The normalized spacial score (nSPS) is 17.4. The number of nitrogens with two attached hydrogens (primary N) is 1. The zero-order valence-electron chi connectivity index (χ0n) is 8.52. The van der Waals surface area contributed by atoms with Crippen molar-refractivity contribution in [1.29, 1.82) is 0 Å². The van der Waals surface area contributed by atoms with Crippen molar-refractivity contribution in [1.82, 2.24) is 0 Å². The number of carboxylic acid groups (broad SMARTS) is 1. The number of aliphatic carboxylic acids is 1. The van der Waals surface area contributed by atoms with Gasteiger partial charge in [0.2, 0.25) is 0 Å². The summed E-state index contributed by atoms with van der Waals surface area (Å²) in [5, 5.41) is 8.66. The molecule has 15 heavy (non-hydrogen) atoms. The van der Waals surface area contributed by atoms with Crippen LogP contribution in [0.15, 0.2) is 24.3 Å². The molecule has 2 rings (SSSR count). The van der Waals surface area contributed by atoms with Crippen molar-refractivity contribution in [3.05, 3.63) is 35.4 Å². The predicted molar refractivity (Wildman–Crippen MR) is 57.6 cm³/mol. The van der Waals surface area contributed by atoms with E-state index in [1.807, 2.05) is 18.2 Å². The van der Waals surface area contributed by atoms with E-state index in [9.17, 15) is 4.79 Å². The van der Waals surface area contributed by atoms with Crippen molar-refractivity contribution in [3.63, 3.8) is 0 Å². The Morgan fingerprint density at radius 2 is 2.27 bits per heavy atom. The van der Waals surface area contributed by atoms with Crippen LogP contribution in [0.25, 0.3) is 0 Å². The number of hydrogen-bond donors (Lipinski definition) is 2. The lowest BCUT2D eigenvalue weighted by molar-refractivity contribution is -0.137. The van der Waals surface area contributed by atoms with E-state index >= 15 is 0 Å². The fourth-order valence-electron chi connectivity index (χ4n) is 1.77. The van der Waals surface area contributed by atoms with Gasteiger partial charge in [-0.05, 0) is 29.9 Å². The summed E-state index contributed by atoms with van der Waals surface area (Å²) in [6, 6.07) is 7.62. The lowest BCUT2D eigenvalue weighted by atomic mass is 10.0. The molecule has 1 aliphatic carbocycles. The zero-order chi connectivity index (χ0) is 10.8. The molecule has 0 bridgehead atoms. The molecule has 1 atom stereocenters. The highest BCUT2D eigenvalue weighted by molar-refractivity contribution is 5.67. The van der Waals surface area contributed by atoms with Gasteiger partial charge in [0.05, 0.1) is 6.42 Å². The first-order valence-electron chi connectivity index (χ1n) is 5.24. The van der Waals surface area contributed by atoms with Crippen LogP contribution in [0.5, 0.6) is 0 Å². The lowest BCUT2D eigenvalue weighted by Crippen LogP contribution is -2.15. The van der Waals surface area contributed by atoms with E-state index in [4.69, 9.17) is 10.8 Å². The molecule has 1 saturated carbocycles. The van der Waals surface area contributed by atoms with E-state index in [2.05, 4.69) is 6.07 Å². The number of benzene rings is 1. The first-order chi connectivity index (χ1) is 7.16. The zero-order valence-corrected chi connectivity index (χ0v) is 8.52. The SMILES string of the molecule is N[C@H](CC(=O)O)c1cccc(C2CC2)c1. The maximum Gasteiger partial charge on any atom is 0.305 e. The van der Waals surface area contributed by atoms with Crippen LogP contribution >= 0.6 is 0 Å². The van der Waals surface area contributed by atoms with Crippen LogP contribution < -0.4 is 5.73 Å². The summed E-state index contributed by atoms with van der Waals surface area (Å²) < 4.78 is 0. The van der Waals surface area contributed by atoms with Gasteiger partial charge in [-0.3, -0.25) is 4.79 Å². The van der Waals surface area contributed by atoms with Crippen molar-refractivity contribution in [2.45, 2.75) is 31.2 Å². The van der Waals surface area contributed by atoms with Crippen molar-refractivity contribution < 1.29 is 9.90 Å². The van der Waals surface area contributed by atoms with Gasteiger partial charge in [0.15, 0.2) is 0 Å². The second-order valence-corrected chi connectivity index (χ2v) is 4.15. The molecular formula is C12H15NO2. The molecule has 3 N–H and O–H groups in total. The fraction of sp³-hybridized carbons (Fsp3) is 0.417. The molecule has 0 heterocycles. The minimum Gasteiger partial charge on any atom is -0.481 e. The van der Waals surface area contributed by atoms with Crippen molar-refractivity contribution in [2.75, 3.05) is 0 Å². The van der Waals surface area contributed by atoms with Crippen LogP contribution in [-0.2, 0) is 4.79 Å². The van der Waals surface area contributed by atoms with E-state index < -0.39 is 5.97 Å². The molecule has 1 aliphatic rings. The van der Waals surface area contributed by atoms with Gasteiger partial charge in [-0.2, -0.15) is 0 Å². The van der Waals surface area contributed by atoms with Gasteiger partial charge in [0.25, 0.3) is 0 Å². The van der Waals surface area contributed by atoms with Gasteiger partial charge in [-0.25, -0.2) is 0 Å². The van der Waals surface area contributed by atoms with Crippen LogP contribution in [0.4, 0.5) is 0 Å². The molecule has 0 aromatic heterocycles. The molecule has 0 spiro atoms. The van der Waals surface area contributed by atoms with Gasteiger partial charge in [-0.15, -0.1) is 0 Å². The standard InChI is InChI=1S/C12H15NO2/c13-11(7-12(14)15)10-3-1-2-9(6-10)8-4-5-8/h1-3,6,8,11H,4-5,7,13H2,(H,14,15)/t11-/m1/s1. The molecule has 1 aromatic rings. The summed E-state index contributed by atoms with van der Waals surface area (Å²) in [6.45, 7) is 0. The first-order valence-corrected chi connectivity index (χ1v) is 5.24. The molecule has 1 aromatic carbocycles. The molecule has 0 radical (unpaired) electrons. The maximum atomic E-state index is 10.5. The Labute approximate surface area is 88.9 Å². The van der Waals surface area contributed by atoms with Gasteiger partial charge >= 0.3 is 5.97 Å². The quantitative estimate of drug-likeness (QED) is 0.790. The third-order valence-corrected chi connectivity index (χ3v) is 2.78. The summed E-state index contributed by atoms with van der Waals surface area (Å²) in [6.07, 6.45) is 2.49. The third kappa shape index (κ3) is 2.57. The topological polar surface area (TPSA) is 63.3 Å². The Balaban J connectivity index is 2.12. The highest BCUT2D eigenvalue weighted by Gasteiger charge is 2.24. The second kappa shape index (κ2) is 4.03. The first kappa shape index (κ1) is 10.2. The average molecular weight is 205 g/mol. The smallest absolute Gasteiger partial charge is 0.305 e. The van der Waals surface area contributed by atoms with Crippen molar-refractivity contribution >= 4 is 5.97 Å². The maximum absolute atomic E-state index is 10.5. The van der Waals surface area contributed by atoms with Crippen LogP contribution in [0, 0.1) is 0 Å². The number of rotatable bonds is 4. The Bertz CT molecular complexity index is 372. The second-order valence-electron chi connectivity index (χ2n) is 4.15. The molecule has 3 heteroatoms. The van der Waals surface area contributed by atoms with Gasteiger partial charge < -0.3 is 10.8 Å². The Kier molecular flexibility index (Phi) is 2.73. The fourth-order valence-corrected chi connectivity index (χ4v) is 1.77. The third-order valence-electron chi connectivity index (χ3n) is 2.78. The largest absolute Gasteiger partial charge is 0.481 e. The van der Waals surface area contributed by atoms with Crippen molar-refractivity contribution in [3.8, 4) is 0 Å². The molecule has 0 unspecified atom stereocenters. The molecule has 0 amide bonds. The van der Waals surface area contributed by atoms with Crippen molar-refractivity contribution in [2.24, 2.45) is 5.73 Å². The summed E-state index contributed by atoms with van der Waals surface area (Å²) in [5.41, 5.74) is 8.04. The lowest BCUT2D eigenvalue weighted by Gasteiger charge is -2.10. The molecular weight excluding hydrogens is 190 g/mol. The van der Waals surface area contributed by atoms with E-state index in [-0.39, 0.29) is 12.5 Å². The average Bonchev–Trinajstić information content (AvgIpc) is 3.00. The summed E-state index contributed by atoms with van der Waals surface area (Å²) in [7, 11) is 0. The highest BCUT2D eigenvalue weighted by Crippen LogP contribution is 2.40. The number of carboxylic acids is 1. The highest BCUT2D eigenvalue weighted by atomic mass is 16.4. The molecule has 80 valence electrons. The number of hydrogen-bond acceptors (Lipinski definition) is 2. The summed E-state index contributed by atoms with van der Waals surface area (Å²) in [4.78, 5) is 10.5.